The van der Waals surface area contributed by atoms with Crippen LogP contribution in [0.4, 0.5) is 0 Å². The van der Waals surface area contributed by atoms with Gasteiger partial charge < -0.3 is 10.1 Å². The van der Waals surface area contributed by atoms with E-state index in [0.717, 1.165) is 19.4 Å². The normalized spacial score (nSPS) is 27.2. The van der Waals surface area contributed by atoms with Crippen molar-refractivity contribution in [2.45, 2.75) is 23.8 Å². The van der Waals surface area contributed by atoms with Gasteiger partial charge in [0.2, 0.25) is 10.0 Å². The lowest BCUT2D eigenvalue weighted by molar-refractivity contribution is 0.246. The zero-order valence-corrected chi connectivity index (χ0v) is 12.4. The molecule has 2 aliphatic rings. The Morgan fingerprint density at radius 3 is 2.90 bits per heavy atom. The van der Waals surface area contributed by atoms with Crippen molar-refractivity contribution in [3.05, 3.63) is 24.3 Å². The van der Waals surface area contributed by atoms with Gasteiger partial charge in [0.05, 0.1) is 7.11 Å². The van der Waals surface area contributed by atoms with Crippen LogP contribution in [0.5, 0.6) is 5.75 Å². The van der Waals surface area contributed by atoms with Gasteiger partial charge in [-0.25, -0.2) is 8.42 Å². The summed E-state index contributed by atoms with van der Waals surface area (Å²) in [5.41, 5.74) is 0. The van der Waals surface area contributed by atoms with Crippen molar-refractivity contribution in [1.82, 2.24) is 9.62 Å². The highest BCUT2D eigenvalue weighted by molar-refractivity contribution is 7.89. The number of ether oxygens (including phenoxy) is 1. The molecule has 2 atom stereocenters. The molecule has 5 nitrogen and oxygen atoms in total. The van der Waals surface area contributed by atoms with E-state index in [-0.39, 0.29) is 4.90 Å². The summed E-state index contributed by atoms with van der Waals surface area (Å²) in [6.45, 7) is 2.18. The molecule has 6 heteroatoms. The van der Waals surface area contributed by atoms with Crippen LogP contribution in [-0.4, -0.2) is 45.5 Å². The van der Waals surface area contributed by atoms with Gasteiger partial charge in [-0.05, 0) is 37.4 Å². The second-order valence-corrected chi connectivity index (χ2v) is 7.32. The maximum Gasteiger partial charge on any atom is 0.246 e. The largest absolute Gasteiger partial charge is 0.495 e. The number of hydrogen-bond acceptors (Lipinski definition) is 4. The molecular weight excluding hydrogens is 276 g/mol. The molecule has 20 heavy (non-hydrogen) atoms. The van der Waals surface area contributed by atoms with Gasteiger partial charge in [0, 0.05) is 19.1 Å². The molecule has 0 saturated carbocycles. The van der Waals surface area contributed by atoms with E-state index >= 15 is 0 Å². The Morgan fingerprint density at radius 1 is 1.30 bits per heavy atom. The average molecular weight is 296 g/mol. The van der Waals surface area contributed by atoms with Crippen LogP contribution >= 0.6 is 0 Å². The molecular formula is C14H20N2O3S. The molecule has 0 aromatic heterocycles. The smallest absolute Gasteiger partial charge is 0.246 e. The molecule has 1 N–H and O–H groups in total. The topological polar surface area (TPSA) is 58.6 Å². The van der Waals surface area contributed by atoms with Crippen molar-refractivity contribution >= 4 is 10.0 Å². The standard InChI is InChI=1S/C14H20N2O3S/c1-19-13-4-2-3-5-14(13)20(17,18)16-9-7-12-11(10-16)6-8-15-12/h2-5,11-12,15H,6-10H2,1H3. The van der Waals surface area contributed by atoms with Gasteiger partial charge in [0.25, 0.3) is 0 Å². The van der Waals surface area contributed by atoms with E-state index in [2.05, 4.69) is 5.32 Å². The van der Waals surface area contributed by atoms with Crippen molar-refractivity contribution in [2.75, 3.05) is 26.7 Å². The van der Waals surface area contributed by atoms with Crippen LogP contribution in [0.1, 0.15) is 12.8 Å². The average Bonchev–Trinajstić information content (AvgIpc) is 2.94. The Kier molecular flexibility index (Phi) is 3.70. The number of sulfonamides is 1. The number of para-hydroxylation sites is 1. The molecule has 0 aliphatic carbocycles. The summed E-state index contributed by atoms with van der Waals surface area (Å²) in [4.78, 5) is 0.270. The lowest BCUT2D eigenvalue weighted by Crippen LogP contribution is -2.46. The molecule has 2 saturated heterocycles. The summed E-state index contributed by atoms with van der Waals surface area (Å²) in [5.74, 6) is 0.854. The number of hydrogen-bond donors (Lipinski definition) is 1. The minimum atomic E-state index is -3.46. The first-order chi connectivity index (χ1) is 9.63. The van der Waals surface area contributed by atoms with E-state index in [0.29, 0.717) is 30.8 Å². The fourth-order valence-corrected chi connectivity index (χ4v) is 4.87. The van der Waals surface area contributed by atoms with Gasteiger partial charge >= 0.3 is 0 Å². The van der Waals surface area contributed by atoms with Gasteiger partial charge in [-0.3, -0.25) is 0 Å². The van der Waals surface area contributed by atoms with Crippen LogP contribution in [0, 0.1) is 5.92 Å². The first kappa shape index (κ1) is 13.9. The molecule has 2 aliphatic heterocycles. The molecule has 1 aromatic carbocycles. The fourth-order valence-electron chi connectivity index (χ4n) is 3.20. The van der Waals surface area contributed by atoms with Gasteiger partial charge in [0.15, 0.2) is 0 Å². The molecule has 2 heterocycles. The second-order valence-electron chi connectivity index (χ2n) is 5.41. The Hall–Kier alpha value is -1.11. The number of nitrogens with one attached hydrogen (secondary N) is 1. The first-order valence-corrected chi connectivity index (χ1v) is 8.43. The molecule has 1 aromatic rings. The quantitative estimate of drug-likeness (QED) is 0.906. The number of rotatable bonds is 3. The molecule has 2 fully saturated rings. The van der Waals surface area contributed by atoms with Gasteiger partial charge in [-0.1, -0.05) is 12.1 Å². The maximum absolute atomic E-state index is 12.8. The molecule has 2 unspecified atom stereocenters. The second kappa shape index (κ2) is 5.35. The van der Waals surface area contributed by atoms with Gasteiger partial charge in [0.1, 0.15) is 10.6 Å². The van der Waals surface area contributed by atoms with E-state index in [4.69, 9.17) is 4.74 Å². The minimum absolute atomic E-state index is 0.270. The van der Waals surface area contributed by atoms with E-state index in [1.807, 2.05) is 0 Å². The zero-order chi connectivity index (χ0) is 14.2. The number of fused-ring (bicyclic) bond motifs is 1. The molecule has 0 spiro atoms. The number of methoxy groups -OCH3 is 1. The van der Waals surface area contributed by atoms with Crippen LogP contribution in [0.2, 0.25) is 0 Å². The Labute approximate surface area is 120 Å². The van der Waals surface area contributed by atoms with Crippen LogP contribution in [0.25, 0.3) is 0 Å². The number of piperidine rings is 1. The van der Waals surface area contributed by atoms with E-state index in [9.17, 15) is 8.42 Å². The van der Waals surface area contributed by atoms with Crippen molar-refractivity contribution < 1.29 is 13.2 Å². The Morgan fingerprint density at radius 2 is 2.10 bits per heavy atom. The third-order valence-electron chi connectivity index (χ3n) is 4.31. The number of nitrogens with zero attached hydrogens (tertiary/aromatic N) is 1. The van der Waals surface area contributed by atoms with Crippen LogP contribution in [0.3, 0.4) is 0 Å². The summed E-state index contributed by atoms with van der Waals surface area (Å²) < 4.78 is 32.4. The van der Waals surface area contributed by atoms with Crippen molar-refractivity contribution in [2.24, 2.45) is 5.92 Å². The van der Waals surface area contributed by atoms with Crippen LogP contribution in [-0.2, 0) is 10.0 Å². The van der Waals surface area contributed by atoms with Crippen molar-refractivity contribution in [1.29, 1.82) is 0 Å². The minimum Gasteiger partial charge on any atom is -0.495 e. The number of benzene rings is 1. The monoisotopic (exact) mass is 296 g/mol. The lowest BCUT2D eigenvalue weighted by atomic mass is 9.95. The van der Waals surface area contributed by atoms with Crippen molar-refractivity contribution in [3.8, 4) is 5.75 Å². The molecule has 0 bridgehead atoms. The summed E-state index contributed by atoms with van der Waals surface area (Å²) in [5, 5.41) is 3.45. The van der Waals surface area contributed by atoms with Crippen molar-refractivity contribution in [3.63, 3.8) is 0 Å². The lowest BCUT2D eigenvalue weighted by Gasteiger charge is -2.34. The van der Waals surface area contributed by atoms with E-state index < -0.39 is 10.0 Å². The predicted octanol–water partition coefficient (Wildman–Crippen LogP) is 1.07. The van der Waals surface area contributed by atoms with E-state index in [1.54, 1.807) is 28.6 Å². The highest BCUT2D eigenvalue weighted by Crippen LogP contribution is 2.31. The third kappa shape index (κ3) is 2.32. The van der Waals surface area contributed by atoms with Gasteiger partial charge in [-0.15, -0.1) is 0 Å². The Balaban J connectivity index is 1.88. The fraction of sp³-hybridized carbons (Fsp3) is 0.571. The third-order valence-corrected chi connectivity index (χ3v) is 6.21. The molecule has 0 radical (unpaired) electrons. The molecule has 3 rings (SSSR count). The highest BCUT2D eigenvalue weighted by Gasteiger charge is 2.38. The zero-order valence-electron chi connectivity index (χ0n) is 11.6. The molecule has 110 valence electrons. The predicted molar refractivity (Wildman–Crippen MR) is 76.3 cm³/mol. The van der Waals surface area contributed by atoms with E-state index in [1.165, 1.54) is 7.11 Å². The Bertz CT molecular complexity index is 588. The SMILES string of the molecule is COc1ccccc1S(=O)(=O)N1CCC2NCCC2C1. The maximum atomic E-state index is 12.8. The first-order valence-electron chi connectivity index (χ1n) is 6.99. The summed E-state index contributed by atoms with van der Waals surface area (Å²) >= 11 is 0. The van der Waals surface area contributed by atoms with Crippen LogP contribution in [0.15, 0.2) is 29.2 Å². The van der Waals surface area contributed by atoms with Crippen LogP contribution < -0.4 is 10.1 Å². The summed E-state index contributed by atoms with van der Waals surface area (Å²) in [6, 6.07) is 7.31. The highest BCUT2D eigenvalue weighted by atomic mass is 32.2. The van der Waals surface area contributed by atoms with Gasteiger partial charge in [-0.2, -0.15) is 4.31 Å². The summed E-state index contributed by atoms with van der Waals surface area (Å²) in [6.07, 6.45) is 1.95. The molecule has 0 amide bonds. The summed E-state index contributed by atoms with van der Waals surface area (Å²) in [7, 11) is -1.96.